The molecular formula is C20H27N3O2. The van der Waals surface area contributed by atoms with E-state index in [4.69, 9.17) is 4.74 Å². The fraction of sp³-hybridized carbons (Fsp3) is 0.650. The van der Waals surface area contributed by atoms with Crippen molar-refractivity contribution in [2.45, 2.75) is 31.3 Å². The van der Waals surface area contributed by atoms with E-state index in [9.17, 15) is 4.79 Å². The van der Waals surface area contributed by atoms with Gasteiger partial charge in [0.1, 0.15) is 0 Å². The first-order chi connectivity index (χ1) is 12.3. The summed E-state index contributed by atoms with van der Waals surface area (Å²) >= 11 is 0. The molecule has 0 bridgehead atoms. The molecule has 5 heteroatoms. The molecule has 3 fully saturated rings. The van der Waals surface area contributed by atoms with Crippen molar-refractivity contribution in [3.63, 3.8) is 0 Å². The van der Waals surface area contributed by atoms with E-state index in [-0.39, 0.29) is 5.91 Å². The third-order valence-corrected chi connectivity index (χ3v) is 6.35. The van der Waals surface area contributed by atoms with E-state index in [1.54, 1.807) is 0 Å². The van der Waals surface area contributed by atoms with Crippen LogP contribution in [0.25, 0.3) is 0 Å². The van der Waals surface area contributed by atoms with Gasteiger partial charge in [-0.3, -0.25) is 14.6 Å². The maximum absolute atomic E-state index is 12.9. The Balaban J connectivity index is 1.22. The number of anilines is 1. The summed E-state index contributed by atoms with van der Waals surface area (Å²) < 4.78 is 5.89. The first-order valence-corrected chi connectivity index (χ1v) is 9.74. The Morgan fingerprint density at radius 2 is 2.00 bits per heavy atom. The molecular weight excluding hydrogens is 314 g/mol. The fourth-order valence-electron chi connectivity index (χ4n) is 4.84. The molecule has 5 rings (SSSR count). The zero-order valence-corrected chi connectivity index (χ0v) is 14.8. The molecule has 0 spiro atoms. The van der Waals surface area contributed by atoms with Crippen LogP contribution in [0.15, 0.2) is 24.3 Å². The normalized spacial score (nSPS) is 30.2. The number of hydrogen-bond donors (Lipinski definition) is 0. The number of carbonyl (C=O) groups excluding carboxylic acids is 1. The SMILES string of the molecule is O=C(CN1CCN2[C@@H](COC[C@@H]2C2CC2)C1)N1CCc2ccccc21. The summed E-state index contributed by atoms with van der Waals surface area (Å²) in [5.74, 6) is 1.10. The molecule has 1 amide bonds. The van der Waals surface area contributed by atoms with Gasteiger partial charge in [-0.1, -0.05) is 18.2 Å². The number of hydrogen-bond acceptors (Lipinski definition) is 4. The van der Waals surface area contributed by atoms with Crippen LogP contribution in [0.2, 0.25) is 0 Å². The van der Waals surface area contributed by atoms with Crippen molar-refractivity contribution in [2.24, 2.45) is 5.92 Å². The van der Waals surface area contributed by atoms with E-state index < -0.39 is 0 Å². The lowest BCUT2D eigenvalue weighted by atomic mass is 10.0. The fourth-order valence-corrected chi connectivity index (χ4v) is 4.84. The number of morpholine rings is 1. The third-order valence-electron chi connectivity index (χ3n) is 6.35. The molecule has 1 saturated carbocycles. The molecule has 0 unspecified atom stereocenters. The number of benzene rings is 1. The van der Waals surface area contributed by atoms with Gasteiger partial charge < -0.3 is 9.64 Å². The zero-order chi connectivity index (χ0) is 16.8. The molecule has 1 aliphatic carbocycles. The Labute approximate surface area is 149 Å². The number of para-hydroxylation sites is 1. The van der Waals surface area contributed by atoms with Gasteiger partial charge in [-0.05, 0) is 36.8 Å². The van der Waals surface area contributed by atoms with Crippen LogP contribution in [0.5, 0.6) is 0 Å². The van der Waals surface area contributed by atoms with Crippen molar-refractivity contribution in [3.8, 4) is 0 Å². The van der Waals surface area contributed by atoms with Crippen LogP contribution in [0.4, 0.5) is 5.69 Å². The van der Waals surface area contributed by atoms with Crippen LogP contribution in [0, 0.1) is 5.92 Å². The van der Waals surface area contributed by atoms with Gasteiger partial charge >= 0.3 is 0 Å². The minimum atomic E-state index is 0.244. The van der Waals surface area contributed by atoms with Gasteiger partial charge in [-0.15, -0.1) is 0 Å². The maximum atomic E-state index is 12.9. The predicted octanol–water partition coefficient (Wildman–Crippen LogP) is 1.37. The van der Waals surface area contributed by atoms with E-state index in [0.717, 1.165) is 57.4 Å². The molecule has 4 aliphatic rings. The summed E-state index contributed by atoms with van der Waals surface area (Å²) in [6.45, 7) is 6.14. The summed E-state index contributed by atoms with van der Waals surface area (Å²) in [5, 5.41) is 0. The van der Waals surface area contributed by atoms with Crippen molar-refractivity contribution < 1.29 is 9.53 Å². The molecule has 0 radical (unpaired) electrons. The van der Waals surface area contributed by atoms with Gasteiger partial charge in [-0.2, -0.15) is 0 Å². The van der Waals surface area contributed by atoms with Crippen LogP contribution in [0.3, 0.4) is 0 Å². The molecule has 3 aliphatic heterocycles. The van der Waals surface area contributed by atoms with Gasteiger partial charge in [0.05, 0.1) is 19.8 Å². The lowest BCUT2D eigenvalue weighted by Gasteiger charge is -2.48. The molecule has 1 aromatic carbocycles. The summed E-state index contributed by atoms with van der Waals surface area (Å²) in [4.78, 5) is 19.8. The molecule has 5 nitrogen and oxygen atoms in total. The Morgan fingerprint density at radius 3 is 2.88 bits per heavy atom. The minimum Gasteiger partial charge on any atom is -0.378 e. The van der Waals surface area contributed by atoms with Crippen molar-refractivity contribution in [3.05, 3.63) is 29.8 Å². The highest BCUT2D eigenvalue weighted by Gasteiger charge is 2.43. The standard InChI is InChI=1S/C20H27N3O2/c24-20(23-8-7-15-3-1-2-4-18(15)23)12-21-9-10-22-17(11-21)13-25-14-19(22)16-5-6-16/h1-4,16-17,19H,5-14H2/t17-,19-/m1/s1. The first-order valence-electron chi connectivity index (χ1n) is 9.74. The van der Waals surface area contributed by atoms with Gasteiger partial charge in [0, 0.05) is 44.0 Å². The summed E-state index contributed by atoms with van der Waals surface area (Å²) in [6, 6.07) is 9.40. The Morgan fingerprint density at radius 1 is 1.12 bits per heavy atom. The highest BCUT2D eigenvalue weighted by atomic mass is 16.5. The quantitative estimate of drug-likeness (QED) is 0.832. The summed E-state index contributed by atoms with van der Waals surface area (Å²) in [5.41, 5.74) is 2.41. The topological polar surface area (TPSA) is 36.0 Å². The number of piperazine rings is 1. The smallest absolute Gasteiger partial charge is 0.241 e. The van der Waals surface area contributed by atoms with Gasteiger partial charge in [-0.25, -0.2) is 0 Å². The molecule has 0 N–H and O–H groups in total. The second-order valence-electron chi connectivity index (χ2n) is 7.99. The second kappa shape index (κ2) is 6.38. The minimum absolute atomic E-state index is 0.244. The average Bonchev–Trinajstić information content (AvgIpc) is 3.39. The molecule has 0 aromatic heterocycles. The molecule has 1 aromatic rings. The lowest BCUT2D eigenvalue weighted by molar-refractivity contribution is -0.123. The Kier molecular flexibility index (Phi) is 4.03. The highest BCUT2D eigenvalue weighted by molar-refractivity contribution is 5.96. The van der Waals surface area contributed by atoms with Crippen LogP contribution in [-0.2, 0) is 16.0 Å². The van der Waals surface area contributed by atoms with Crippen molar-refractivity contribution in [1.29, 1.82) is 0 Å². The largest absolute Gasteiger partial charge is 0.378 e. The van der Waals surface area contributed by atoms with Gasteiger partial charge in [0.2, 0.25) is 5.91 Å². The van der Waals surface area contributed by atoms with Crippen LogP contribution >= 0.6 is 0 Å². The van der Waals surface area contributed by atoms with Crippen LogP contribution in [-0.4, -0.2) is 73.7 Å². The number of ether oxygens (including phenoxy) is 1. The van der Waals surface area contributed by atoms with Crippen LogP contribution < -0.4 is 4.90 Å². The predicted molar refractivity (Wildman–Crippen MR) is 96.8 cm³/mol. The highest BCUT2D eigenvalue weighted by Crippen LogP contribution is 2.38. The van der Waals surface area contributed by atoms with E-state index in [0.29, 0.717) is 18.6 Å². The van der Waals surface area contributed by atoms with Gasteiger partial charge in [0.15, 0.2) is 0 Å². The summed E-state index contributed by atoms with van der Waals surface area (Å²) in [6.07, 6.45) is 3.72. The van der Waals surface area contributed by atoms with E-state index in [2.05, 4.69) is 28.0 Å². The molecule has 2 saturated heterocycles. The molecule has 3 heterocycles. The first kappa shape index (κ1) is 15.8. The number of fused-ring (bicyclic) bond motifs is 2. The van der Waals surface area contributed by atoms with Crippen molar-refractivity contribution >= 4 is 11.6 Å². The van der Waals surface area contributed by atoms with E-state index in [1.807, 2.05) is 11.0 Å². The van der Waals surface area contributed by atoms with Crippen molar-refractivity contribution in [1.82, 2.24) is 9.80 Å². The van der Waals surface area contributed by atoms with Gasteiger partial charge in [0.25, 0.3) is 0 Å². The molecule has 2 atom stereocenters. The Bertz CT molecular complexity index is 660. The lowest BCUT2D eigenvalue weighted by Crippen LogP contribution is -2.63. The molecule has 134 valence electrons. The number of carbonyl (C=O) groups is 1. The number of nitrogens with zero attached hydrogens (tertiary/aromatic N) is 3. The average molecular weight is 341 g/mol. The van der Waals surface area contributed by atoms with E-state index >= 15 is 0 Å². The zero-order valence-electron chi connectivity index (χ0n) is 14.8. The number of rotatable bonds is 3. The van der Waals surface area contributed by atoms with E-state index in [1.165, 1.54) is 18.4 Å². The van der Waals surface area contributed by atoms with Crippen LogP contribution in [0.1, 0.15) is 18.4 Å². The summed E-state index contributed by atoms with van der Waals surface area (Å²) in [7, 11) is 0. The Hall–Kier alpha value is -1.43. The monoisotopic (exact) mass is 341 g/mol. The maximum Gasteiger partial charge on any atom is 0.241 e. The van der Waals surface area contributed by atoms with Crippen molar-refractivity contribution in [2.75, 3.05) is 50.8 Å². The molecule has 25 heavy (non-hydrogen) atoms. The third kappa shape index (κ3) is 2.98. The second-order valence-corrected chi connectivity index (χ2v) is 7.99. The number of amides is 1.